The molecule has 18 heavy (non-hydrogen) atoms. The number of carbonyl (C=O) groups is 1. The minimum Gasteiger partial charge on any atom is -0.480 e. The van der Waals surface area contributed by atoms with Crippen LogP contribution in [0.3, 0.4) is 0 Å². The quantitative estimate of drug-likeness (QED) is 0.658. The van der Waals surface area contributed by atoms with Crippen LogP contribution in [0.2, 0.25) is 0 Å². The number of carboxylic acid groups (broad SMARTS) is 1. The Morgan fingerprint density at radius 1 is 1.61 bits per heavy atom. The summed E-state index contributed by atoms with van der Waals surface area (Å²) in [6.07, 6.45) is 3.54. The lowest BCUT2D eigenvalue weighted by Gasteiger charge is -2.16. The molecule has 0 amide bonds. The van der Waals surface area contributed by atoms with Gasteiger partial charge < -0.3 is 10.8 Å². The fourth-order valence-electron chi connectivity index (χ4n) is 1.21. The molecule has 8 heteroatoms. The zero-order valence-electron chi connectivity index (χ0n) is 10.2. The Morgan fingerprint density at radius 3 is 2.67 bits per heavy atom. The number of aryl methyl sites for hydroxylation is 1. The SMILES string of the molecule is Cc1n[nH]c(=O)n1C/C=C/CC(C)(N)C(=O)O.Cl. The summed E-state index contributed by atoms with van der Waals surface area (Å²) in [4.78, 5) is 22.0. The van der Waals surface area contributed by atoms with Gasteiger partial charge >= 0.3 is 11.7 Å². The van der Waals surface area contributed by atoms with Crippen LogP contribution in [0.25, 0.3) is 0 Å². The summed E-state index contributed by atoms with van der Waals surface area (Å²) in [6.45, 7) is 3.49. The van der Waals surface area contributed by atoms with E-state index < -0.39 is 11.5 Å². The number of allylic oxidation sites excluding steroid dienone is 1. The average Bonchev–Trinajstić information content (AvgIpc) is 2.54. The second kappa shape index (κ2) is 6.36. The van der Waals surface area contributed by atoms with Crippen LogP contribution in [0.5, 0.6) is 0 Å². The Labute approximate surface area is 110 Å². The van der Waals surface area contributed by atoms with Crippen molar-refractivity contribution in [3.63, 3.8) is 0 Å². The molecule has 4 N–H and O–H groups in total. The summed E-state index contributed by atoms with van der Waals surface area (Å²) in [5.41, 5.74) is 3.97. The van der Waals surface area contributed by atoms with E-state index in [-0.39, 0.29) is 24.5 Å². The molecular weight excluding hydrogens is 260 g/mol. The Morgan fingerprint density at radius 2 is 2.22 bits per heavy atom. The topological polar surface area (TPSA) is 114 Å². The summed E-state index contributed by atoms with van der Waals surface area (Å²) in [5, 5.41) is 14.8. The van der Waals surface area contributed by atoms with E-state index >= 15 is 0 Å². The van der Waals surface area contributed by atoms with E-state index in [1.54, 1.807) is 19.1 Å². The van der Waals surface area contributed by atoms with E-state index in [1.165, 1.54) is 11.5 Å². The highest BCUT2D eigenvalue weighted by Gasteiger charge is 2.25. The Balaban J connectivity index is 0.00000289. The first kappa shape index (κ1) is 16.4. The molecule has 0 aromatic carbocycles. The summed E-state index contributed by atoms with van der Waals surface area (Å²) in [6, 6.07) is 0. The van der Waals surface area contributed by atoms with Gasteiger partial charge in [0.15, 0.2) is 0 Å². The second-order valence-corrected chi connectivity index (χ2v) is 4.08. The number of aromatic nitrogens is 3. The zero-order chi connectivity index (χ0) is 13.1. The van der Waals surface area contributed by atoms with E-state index in [2.05, 4.69) is 10.2 Å². The van der Waals surface area contributed by atoms with Crippen molar-refractivity contribution in [2.75, 3.05) is 0 Å². The molecule has 0 aliphatic carbocycles. The molecule has 0 saturated heterocycles. The number of halogens is 1. The number of rotatable bonds is 5. The Bertz CT molecular complexity index is 490. The molecule has 0 aliphatic rings. The lowest BCUT2D eigenvalue weighted by Crippen LogP contribution is -2.44. The maximum Gasteiger partial charge on any atom is 0.343 e. The molecule has 1 aromatic heterocycles. The number of aliphatic carboxylic acids is 1. The molecule has 0 radical (unpaired) electrons. The first-order chi connectivity index (χ1) is 7.84. The van der Waals surface area contributed by atoms with Crippen LogP contribution >= 0.6 is 12.4 Å². The largest absolute Gasteiger partial charge is 0.480 e. The number of H-pyrrole nitrogens is 1. The van der Waals surface area contributed by atoms with E-state index in [1.807, 2.05) is 0 Å². The van der Waals surface area contributed by atoms with Crippen molar-refractivity contribution in [2.45, 2.75) is 32.4 Å². The van der Waals surface area contributed by atoms with Gasteiger partial charge in [-0.15, -0.1) is 12.4 Å². The van der Waals surface area contributed by atoms with Gasteiger partial charge in [0.1, 0.15) is 11.4 Å². The molecule has 1 unspecified atom stereocenters. The van der Waals surface area contributed by atoms with Gasteiger partial charge in [0.2, 0.25) is 0 Å². The van der Waals surface area contributed by atoms with Gasteiger partial charge in [0.25, 0.3) is 0 Å². The Hall–Kier alpha value is -1.60. The van der Waals surface area contributed by atoms with Crippen molar-refractivity contribution >= 4 is 18.4 Å². The summed E-state index contributed by atoms with van der Waals surface area (Å²) < 4.78 is 1.44. The molecule has 0 bridgehead atoms. The normalized spacial score (nSPS) is 14.2. The van der Waals surface area contributed by atoms with E-state index in [0.717, 1.165) is 0 Å². The maximum atomic E-state index is 11.2. The van der Waals surface area contributed by atoms with E-state index in [0.29, 0.717) is 12.4 Å². The molecule has 7 nitrogen and oxygen atoms in total. The molecule has 1 aromatic rings. The highest BCUT2D eigenvalue weighted by atomic mass is 35.5. The zero-order valence-corrected chi connectivity index (χ0v) is 11.0. The molecule has 0 aliphatic heterocycles. The van der Waals surface area contributed by atoms with Crippen LogP contribution in [0.4, 0.5) is 0 Å². The van der Waals surface area contributed by atoms with Crippen molar-refractivity contribution in [2.24, 2.45) is 5.73 Å². The van der Waals surface area contributed by atoms with Gasteiger partial charge in [0.05, 0.1) is 0 Å². The fourth-order valence-corrected chi connectivity index (χ4v) is 1.21. The minimum absolute atomic E-state index is 0. The third kappa shape index (κ3) is 4.01. The van der Waals surface area contributed by atoms with Crippen molar-refractivity contribution in [3.8, 4) is 0 Å². The predicted molar refractivity (Wildman–Crippen MR) is 68.8 cm³/mol. The maximum absolute atomic E-state index is 11.2. The van der Waals surface area contributed by atoms with Crippen molar-refractivity contribution in [1.82, 2.24) is 14.8 Å². The van der Waals surface area contributed by atoms with Gasteiger partial charge in [-0.3, -0.25) is 9.36 Å². The predicted octanol–water partition coefficient (Wildman–Crippen LogP) is 0.0499. The van der Waals surface area contributed by atoms with Crippen LogP contribution in [0.1, 0.15) is 19.2 Å². The summed E-state index contributed by atoms with van der Waals surface area (Å²) in [5.74, 6) is -0.479. The van der Waals surface area contributed by atoms with Gasteiger partial charge in [-0.25, -0.2) is 9.89 Å². The van der Waals surface area contributed by atoms with Crippen LogP contribution < -0.4 is 11.4 Å². The molecule has 102 valence electrons. The first-order valence-electron chi connectivity index (χ1n) is 5.13. The number of nitrogens with zero attached hydrogens (tertiary/aromatic N) is 2. The molecule has 1 atom stereocenters. The Kier molecular flexibility index (Phi) is 5.80. The van der Waals surface area contributed by atoms with Gasteiger partial charge in [-0.1, -0.05) is 12.2 Å². The number of nitrogens with one attached hydrogen (secondary N) is 1. The molecule has 1 rings (SSSR count). The number of nitrogens with two attached hydrogens (primary N) is 1. The highest BCUT2D eigenvalue weighted by molar-refractivity contribution is 5.85. The van der Waals surface area contributed by atoms with Crippen LogP contribution in [0, 0.1) is 6.92 Å². The standard InChI is InChI=1S/C10H16N4O3.ClH/c1-7-12-13-9(17)14(7)6-4-3-5-10(2,11)8(15)16;/h3-4H,5-6,11H2,1-2H3,(H,13,17)(H,15,16);1H/b4-3+;. The van der Waals surface area contributed by atoms with Crippen molar-refractivity contribution in [3.05, 3.63) is 28.5 Å². The molecular formula is C10H17ClN4O3. The van der Waals surface area contributed by atoms with Gasteiger partial charge in [-0.2, -0.15) is 5.10 Å². The smallest absolute Gasteiger partial charge is 0.343 e. The summed E-state index contributed by atoms with van der Waals surface area (Å²) >= 11 is 0. The number of hydrogen-bond acceptors (Lipinski definition) is 4. The third-order valence-corrected chi connectivity index (χ3v) is 2.43. The third-order valence-electron chi connectivity index (χ3n) is 2.43. The van der Waals surface area contributed by atoms with Gasteiger partial charge in [-0.05, 0) is 20.3 Å². The molecule has 0 saturated carbocycles. The number of hydrogen-bond donors (Lipinski definition) is 3. The first-order valence-corrected chi connectivity index (χ1v) is 5.13. The van der Waals surface area contributed by atoms with Crippen LogP contribution in [-0.4, -0.2) is 31.4 Å². The monoisotopic (exact) mass is 276 g/mol. The van der Waals surface area contributed by atoms with Crippen molar-refractivity contribution in [1.29, 1.82) is 0 Å². The van der Waals surface area contributed by atoms with Crippen molar-refractivity contribution < 1.29 is 9.90 Å². The fraction of sp³-hybridized carbons (Fsp3) is 0.500. The van der Waals surface area contributed by atoms with Crippen LogP contribution in [-0.2, 0) is 11.3 Å². The van der Waals surface area contributed by atoms with E-state index in [9.17, 15) is 9.59 Å². The van der Waals surface area contributed by atoms with Gasteiger partial charge in [0, 0.05) is 6.54 Å². The highest BCUT2D eigenvalue weighted by Crippen LogP contribution is 2.06. The van der Waals surface area contributed by atoms with E-state index in [4.69, 9.17) is 10.8 Å². The summed E-state index contributed by atoms with van der Waals surface area (Å²) in [7, 11) is 0. The lowest BCUT2D eigenvalue weighted by atomic mass is 10.00. The van der Waals surface area contributed by atoms with Crippen LogP contribution in [0.15, 0.2) is 16.9 Å². The second-order valence-electron chi connectivity index (χ2n) is 4.08. The minimum atomic E-state index is -1.28. The molecule has 0 fully saturated rings. The molecule has 1 heterocycles. The molecule has 0 spiro atoms. The number of aromatic amines is 1. The lowest BCUT2D eigenvalue weighted by molar-refractivity contribution is -0.142. The number of carboxylic acids is 1. The average molecular weight is 277 g/mol.